The number of amides is 2. The molecule has 0 aliphatic rings. The summed E-state index contributed by atoms with van der Waals surface area (Å²) in [4.78, 5) is 47.5. The summed E-state index contributed by atoms with van der Waals surface area (Å²) >= 11 is 4.19. The van der Waals surface area contributed by atoms with Gasteiger partial charge in [0.05, 0.1) is 4.75 Å². The third-order valence-corrected chi connectivity index (χ3v) is 10.9. The van der Waals surface area contributed by atoms with Crippen molar-refractivity contribution in [2.75, 3.05) is 17.3 Å². The van der Waals surface area contributed by atoms with Gasteiger partial charge in [-0.2, -0.15) is 12.6 Å². The van der Waals surface area contributed by atoms with Crippen LogP contribution in [0.3, 0.4) is 0 Å². The van der Waals surface area contributed by atoms with Crippen LogP contribution in [0, 0.1) is 11.3 Å². The van der Waals surface area contributed by atoms with E-state index in [2.05, 4.69) is 37.1 Å². The number of thiol groups is 1. The Balaban J connectivity index is 4.79. The molecule has 222 valence electrons. The molecule has 3 atom stereocenters. The molecular weight excluding hydrogens is 585 g/mol. The van der Waals surface area contributed by atoms with Gasteiger partial charge in [-0.15, -0.1) is 0 Å². The normalized spacial score (nSPS) is 14.6. The summed E-state index contributed by atoms with van der Waals surface area (Å²) in [7, 11) is 6.11. The van der Waals surface area contributed by atoms with Gasteiger partial charge in [-0.3, -0.25) is 9.59 Å². The first-order valence-corrected chi connectivity index (χ1v) is 18.1. The molecule has 0 bridgehead atoms. The molecule has 0 fully saturated rings. The van der Waals surface area contributed by atoms with Crippen molar-refractivity contribution in [1.82, 2.24) is 10.6 Å². The van der Waals surface area contributed by atoms with Crippen LogP contribution in [0.25, 0.3) is 0 Å². The van der Waals surface area contributed by atoms with Gasteiger partial charge in [0.1, 0.15) is 12.1 Å². The summed E-state index contributed by atoms with van der Waals surface area (Å²) in [5, 5.41) is 24.5. The van der Waals surface area contributed by atoms with Crippen LogP contribution in [0.15, 0.2) is 0 Å². The maximum atomic E-state index is 12.2. The summed E-state index contributed by atoms with van der Waals surface area (Å²) in [5.41, 5.74) is -0.662. The van der Waals surface area contributed by atoms with Gasteiger partial charge in [-0.05, 0) is 32.6 Å². The first-order chi connectivity index (χ1) is 17.4. The molecule has 13 heteroatoms. The number of hydrogen-bond acceptors (Lipinski definition) is 9. The lowest BCUT2D eigenvalue weighted by Gasteiger charge is -2.22. The Bertz CT molecular complexity index is 756. The molecule has 0 aromatic rings. The summed E-state index contributed by atoms with van der Waals surface area (Å²) in [6.07, 6.45) is 5.29. The van der Waals surface area contributed by atoms with E-state index < -0.39 is 40.1 Å². The van der Waals surface area contributed by atoms with E-state index in [1.165, 1.54) is 28.0 Å². The van der Waals surface area contributed by atoms with Gasteiger partial charge in [-0.25, -0.2) is 9.59 Å². The third-order valence-electron chi connectivity index (χ3n) is 5.28. The fourth-order valence-electron chi connectivity index (χ4n) is 2.78. The Morgan fingerprint density at radius 2 is 1.26 bits per heavy atom. The van der Waals surface area contributed by atoms with Crippen LogP contribution in [0.1, 0.15) is 80.6 Å². The maximum absolute atomic E-state index is 12.2. The maximum Gasteiger partial charge on any atom is 0.327 e. The van der Waals surface area contributed by atoms with Crippen molar-refractivity contribution in [2.24, 2.45) is 11.3 Å². The highest BCUT2D eigenvalue weighted by Gasteiger charge is 2.29. The standard InChI is InChI=1S/C25H46N2O6S5/c1-16(2)10-8-9-11-17(38-37-15-19(21(30)31)26-22(32)24(3,4)5)12-13-35-36-14-18(20(28)29)27-23(33)25(6,7)34/h16-19,34H,8-15H2,1-7H3,(H,26,32)(H,27,33)(H,28,29)(H,30,31)/t17-,18+,19+/m1/s1. The minimum atomic E-state index is -1.08. The van der Waals surface area contributed by atoms with E-state index in [1.54, 1.807) is 56.2 Å². The van der Waals surface area contributed by atoms with Gasteiger partial charge in [0.25, 0.3) is 0 Å². The third kappa shape index (κ3) is 18.1. The van der Waals surface area contributed by atoms with Crippen LogP contribution >= 0.6 is 55.8 Å². The molecule has 0 unspecified atom stereocenters. The predicted molar refractivity (Wildman–Crippen MR) is 168 cm³/mol. The lowest BCUT2D eigenvalue weighted by atomic mass is 9.95. The van der Waals surface area contributed by atoms with Gasteiger partial charge < -0.3 is 20.8 Å². The molecule has 4 N–H and O–H groups in total. The molecule has 0 aromatic carbocycles. The first-order valence-electron chi connectivity index (χ1n) is 12.8. The van der Waals surface area contributed by atoms with Crippen molar-refractivity contribution in [3.8, 4) is 0 Å². The highest BCUT2D eigenvalue weighted by molar-refractivity contribution is 8.77. The van der Waals surface area contributed by atoms with E-state index in [4.69, 9.17) is 0 Å². The highest BCUT2D eigenvalue weighted by atomic mass is 33.1. The quantitative estimate of drug-likeness (QED) is 0.0656. The smallest absolute Gasteiger partial charge is 0.327 e. The van der Waals surface area contributed by atoms with Gasteiger partial charge in [0, 0.05) is 27.9 Å². The van der Waals surface area contributed by atoms with Gasteiger partial charge in [0.15, 0.2) is 0 Å². The monoisotopic (exact) mass is 630 g/mol. The molecular formula is C25H46N2O6S5. The number of carboxylic acid groups (broad SMARTS) is 2. The van der Waals surface area contributed by atoms with E-state index in [0.717, 1.165) is 31.4 Å². The Kier molecular flexibility index (Phi) is 18.7. The molecule has 0 saturated heterocycles. The van der Waals surface area contributed by atoms with Gasteiger partial charge >= 0.3 is 11.9 Å². The number of aliphatic carboxylic acids is 2. The van der Waals surface area contributed by atoms with Crippen LogP contribution < -0.4 is 10.6 Å². The van der Waals surface area contributed by atoms with Gasteiger partial charge in [0.2, 0.25) is 11.8 Å². The van der Waals surface area contributed by atoms with E-state index in [-0.39, 0.29) is 17.4 Å². The average Bonchev–Trinajstić information content (AvgIpc) is 2.77. The lowest BCUT2D eigenvalue weighted by molar-refractivity contribution is -0.142. The number of carbonyl (C=O) groups is 4. The topological polar surface area (TPSA) is 133 Å². The Labute approximate surface area is 249 Å². The van der Waals surface area contributed by atoms with Crippen molar-refractivity contribution < 1.29 is 29.4 Å². The molecule has 0 aliphatic heterocycles. The number of unbranched alkanes of at least 4 members (excludes halogenated alkanes) is 1. The summed E-state index contributed by atoms with van der Waals surface area (Å²) in [6, 6.07) is -1.93. The van der Waals surface area contributed by atoms with E-state index in [9.17, 15) is 29.4 Å². The van der Waals surface area contributed by atoms with Crippen molar-refractivity contribution >= 4 is 79.6 Å². The minimum absolute atomic E-state index is 0.240. The zero-order valence-electron chi connectivity index (χ0n) is 23.6. The van der Waals surface area contributed by atoms with Crippen LogP contribution in [0.2, 0.25) is 0 Å². The zero-order chi connectivity index (χ0) is 29.5. The number of carbonyl (C=O) groups excluding carboxylic acids is 2. The fraction of sp³-hybridized carbons (Fsp3) is 0.840. The molecule has 0 aliphatic carbocycles. The van der Waals surface area contributed by atoms with Crippen LogP contribution in [0.4, 0.5) is 0 Å². The van der Waals surface area contributed by atoms with Crippen LogP contribution in [-0.4, -0.2) is 73.3 Å². The summed E-state index contributed by atoms with van der Waals surface area (Å²) in [6.45, 7) is 12.9. The molecule has 0 saturated carbocycles. The van der Waals surface area contributed by atoms with Crippen LogP contribution in [0.5, 0.6) is 0 Å². The van der Waals surface area contributed by atoms with Crippen molar-refractivity contribution in [3.63, 3.8) is 0 Å². The van der Waals surface area contributed by atoms with E-state index in [0.29, 0.717) is 11.2 Å². The number of rotatable bonds is 20. The first kappa shape index (κ1) is 37.6. The molecule has 38 heavy (non-hydrogen) atoms. The second kappa shape index (κ2) is 18.9. The predicted octanol–water partition coefficient (Wildman–Crippen LogP) is 5.62. The fourth-order valence-corrected chi connectivity index (χ4v) is 8.20. The van der Waals surface area contributed by atoms with E-state index >= 15 is 0 Å². The van der Waals surface area contributed by atoms with Crippen molar-refractivity contribution in [1.29, 1.82) is 0 Å². The molecule has 0 spiro atoms. The van der Waals surface area contributed by atoms with Crippen molar-refractivity contribution in [2.45, 2.75) is 103 Å². The molecule has 8 nitrogen and oxygen atoms in total. The number of hydrogen-bond donors (Lipinski definition) is 5. The second-order valence-electron chi connectivity index (χ2n) is 11.1. The highest BCUT2D eigenvalue weighted by Crippen LogP contribution is 2.35. The number of carboxylic acids is 2. The average molecular weight is 631 g/mol. The van der Waals surface area contributed by atoms with Crippen molar-refractivity contribution in [3.05, 3.63) is 0 Å². The summed E-state index contributed by atoms with van der Waals surface area (Å²) in [5.74, 6) is -0.869. The molecule has 0 rings (SSSR count). The van der Waals surface area contributed by atoms with Crippen LogP contribution in [-0.2, 0) is 19.2 Å². The zero-order valence-corrected chi connectivity index (χ0v) is 27.7. The summed E-state index contributed by atoms with van der Waals surface area (Å²) < 4.78 is -0.960. The largest absolute Gasteiger partial charge is 0.480 e. The minimum Gasteiger partial charge on any atom is -0.480 e. The lowest BCUT2D eigenvalue weighted by Crippen LogP contribution is -2.48. The molecule has 0 radical (unpaired) electrons. The number of nitrogens with one attached hydrogen (secondary N) is 2. The second-order valence-corrected chi connectivity index (χ2v) is 17.6. The molecule has 2 amide bonds. The molecule has 0 heterocycles. The van der Waals surface area contributed by atoms with E-state index in [1.807, 2.05) is 0 Å². The molecule has 0 aromatic heterocycles. The SMILES string of the molecule is CC(C)CCCC[C@H](CCSSC[C@H](NC(=O)C(C)(C)S)C(=O)O)SSC[C@H](NC(=O)C(C)(C)C)C(=O)O. The van der Waals surface area contributed by atoms with Gasteiger partial charge in [-0.1, -0.05) is 97.1 Å². The Morgan fingerprint density at radius 3 is 1.74 bits per heavy atom. The Morgan fingerprint density at radius 1 is 0.763 bits per heavy atom. The Hall–Kier alpha value is -0.370.